The van der Waals surface area contributed by atoms with Gasteiger partial charge in [0.25, 0.3) is 0 Å². The van der Waals surface area contributed by atoms with Gasteiger partial charge in [-0.25, -0.2) is 0 Å². The van der Waals surface area contributed by atoms with Crippen LogP contribution < -0.4 is 10.1 Å². The summed E-state index contributed by atoms with van der Waals surface area (Å²) in [4.78, 5) is 4.52. The molecule has 0 amide bonds. The zero-order valence-corrected chi connectivity index (χ0v) is 16.9. The summed E-state index contributed by atoms with van der Waals surface area (Å²) >= 11 is 18.1. The normalized spacial score (nSPS) is 15.0. The van der Waals surface area contributed by atoms with Gasteiger partial charge < -0.3 is 15.0 Å². The number of rotatable bonds is 4. The van der Waals surface area contributed by atoms with Gasteiger partial charge in [0, 0.05) is 48.3 Å². The second-order valence-corrected chi connectivity index (χ2v) is 7.29. The number of anilines is 1. The summed E-state index contributed by atoms with van der Waals surface area (Å²) < 4.78 is 5.37. The van der Waals surface area contributed by atoms with Crippen molar-refractivity contribution in [2.45, 2.75) is 6.54 Å². The van der Waals surface area contributed by atoms with Gasteiger partial charge in [-0.2, -0.15) is 0 Å². The first kappa shape index (κ1) is 19.2. The molecule has 3 rings (SSSR count). The Morgan fingerprint density at radius 1 is 1.04 bits per heavy atom. The van der Waals surface area contributed by atoms with Gasteiger partial charge in [-0.05, 0) is 36.5 Å². The van der Waals surface area contributed by atoms with Crippen LogP contribution in [-0.4, -0.2) is 48.2 Å². The average molecular weight is 410 g/mol. The predicted molar refractivity (Wildman–Crippen MR) is 113 cm³/mol. The van der Waals surface area contributed by atoms with Crippen LogP contribution in [0.2, 0.25) is 10.0 Å². The lowest BCUT2D eigenvalue weighted by molar-refractivity contribution is 0.177. The fourth-order valence-electron chi connectivity index (χ4n) is 2.96. The van der Waals surface area contributed by atoms with Crippen LogP contribution in [0.5, 0.6) is 5.75 Å². The highest BCUT2D eigenvalue weighted by Gasteiger charge is 2.21. The zero-order valence-electron chi connectivity index (χ0n) is 14.5. The van der Waals surface area contributed by atoms with Gasteiger partial charge in [0.05, 0.1) is 12.8 Å². The van der Waals surface area contributed by atoms with E-state index in [1.807, 2.05) is 42.5 Å². The molecule has 4 nitrogen and oxygen atoms in total. The molecule has 2 aromatic rings. The van der Waals surface area contributed by atoms with E-state index in [1.54, 1.807) is 7.11 Å². The smallest absolute Gasteiger partial charge is 0.173 e. The maximum Gasteiger partial charge on any atom is 0.173 e. The van der Waals surface area contributed by atoms with Crippen LogP contribution >= 0.6 is 35.4 Å². The first-order chi connectivity index (χ1) is 12.6. The summed E-state index contributed by atoms with van der Waals surface area (Å²) in [6.07, 6.45) is 0. The number of hydrogen-bond donors (Lipinski definition) is 1. The van der Waals surface area contributed by atoms with E-state index in [1.165, 1.54) is 0 Å². The van der Waals surface area contributed by atoms with Crippen molar-refractivity contribution in [2.24, 2.45) is 0 Å². The maximum atomic E-state index is 6.28. The molecule has 0 aromatic heterocycles. The van der Waals surface area contributed by atoms with E-state index in [-0.39, 0.29) is 0 Å². The second-order valence-electron chi connectivity index (χ2n) is 6.09. The molecule has 0 unspecified atom stereocenters. The van der Waals surface area contributed by atoms with E-state index in [0.717, 1.165) is 49.7 Å². The third kappa shape index (κ3) is 4.60. The van der Waals surface area contributed by atoms with Crippen LogP contribution in [0.3, 0.4) is 0 Å². The molecule has 2 aromatic carbocycles. The molecule has 1 N–H and O–H groups in total. The molecule has 0 aliphatic carbocycles. The van der Waals surface area contributed by atoms with Crippen molar-refractivity contribution in [1.29, 1.82) is 0 Å². The highest BCUT2D eigenvalue weighted by Crippen LogP contribution is 2.26. The lowest BCUT2D eigenvalue weighted by Crippen LogP contribution is -2.49. The van der Waals surface area contributed by atoms with E-state index in [2.05, 4.69) is 15.1 Å². The minimum atomic E-state index is 0.713. The molecule has 1 aliphatic heterocycles. The molecule has 0 saturated carbocycles. The molecular weight excluding hydrogens is 389 g/mol. The number of hydrogen-bond acceptors (Lipinski definition) is 3. The minimum absolute atomic E-state index is 0.713. The Kier molecular flexibility index (Phi) is 6.59. The fourth-order valence-corrected chi connectivity index (χ4v) is 3.77. The summed E-state index contributed by atoms with van der Waals surface area (Å²) in [7, 11) is 1.65. The van der Waals surface area contributed by atoms with Gasteiger partial charge in [-0.15, -0.1) is 0 Å². The maximum absolute atomic E-state index is 6.28. The van der Waals surface area contributed by atoms with Crippen LogP contribution in [0.25, 0.3) is 0 Å². The van der Waals surface area contributed by atoms with Gasteiger partial charge in [0.1, 0.15) is 5.75 Å². The fraction of sp³-hybridized carbons (Fsp3) is 0.316. The molecule has 0 spiro atoms. The number of halogens is 2. The molecule has 0 atom stereocenters. The molecule has 26 heavy (non-hydrogen) atoms. The molecule has 0 bridgehead atoms. The molecule has 138 valence electrons. The highest BCUT2D eigenvalue weighted by atomic mass is 35.5. The third-order valence-electron chi connectivity index (χ3n) is 4.45. The largest absolute Gasteiger partial charge is 0.495 e. The summed E-state index contributed by atoms with van der Waals surface area (Å²) in [5, 5.41) is 5.43. The van der Waals surface area contributed by atoms with Crippen LogP contribution in [0.1, 0.15) is 5.56 Å². The van der Waals surface area contributed by atoms with Gasteiger partial charge >= 0.3 is 0 Å². The Morgan fingerprint density at radius 2 is 1.69 bits per heavy atom. The Hall–Kier alpha value is -1.53. The van der Waals surface area contributed by atoms with Crippen LogP contribution in [-0.2, 0) is 6.54 Å². The summed E-state index contributed by atoms with van der Waals surface area (Å²) in [6.45, 7) is 4.25. The SMILES string of the molecule is COc1ccccc1NC(=S)N1CCN(Cc2c(Cl)cccc2Cl)CC1. The molecular formula is C19H21Cl2N3OS. The van der Waals surface area contributed by atoms with Crippen LogP contribution in [0.15, 0.2) is 42.5 Å². The number of benzene rings is 2. The Morgan fingerprint density at radius 3 is 2.35 bits per heavy atom. The standard InChI is InChI=1S/C19H21Cl2N3OS/c1-25-18-8-3-2-7-17(18)22-19(26)24-11-9-23(10-12-24)13-14-15(20)5-4-6-16(14)21/h2-8H,9-13H2,1H3,(H,22,26). The molecule has 0 radical (unpaired) electrons. The number of nitrogens with one attached hydrogen (secondary N) is 1. The van der Waals surface area contributed by atoms with E-state index in [4.69, 9.17) is 40.2 Å². The molecule has 1 fully saturated rings. The van der Waals surface area contributed by atoms with Crippen LogP contribution in [0.4, 0.5) is 5.69 Å². The Bertz CT molecular complexity index is 759. The first-order valence-corrected chi connectivity index (χ1v) is 9.59. The predicted octanol–water partition coefficient (Wildman–Crippen LogP) is 4.52. The van der Waals surface area contributed by atoms with Gasteiger partial charge in [0.15, 0.2) is 5.11 Å². The zero-order chi connectivity index (χ0) is 18.5. The van der Waals surface area contributed by atoms with Crippen molar-refractivity contribution in [3.05, 3.63) is 58.1 Å². The van der Waals surface area contributed by atoms with Crippen molar-refractivity contribution in [3.63, 3.8) is 0 Å². The minimum Gasteiger partial charge on any atom is -0.495 e. The van der Waals surface area contributed by atoms with Crippen molar-refractivity contribution in [2.75, 3.05) is 38.6 Å². The van der Waals surface area contributed by atoms with Gasteiger partial charge in [-0.1, -0.05) is 41.4 Å². The number of thiocarbonyl (C=S) groups is 1. The average Bonchev–Trinajstić information content (AvgIpc) is 2.66. The van der Waals surface area contributed by atoms with E-state index >= 15 is 0 Å². The van der Waals surface area contributed by atoms with Crippen molar-refractivity contribution in [3.8, 4) is 5.75 Å². The number of ether oxygens (including phenoxy) is 1. The molecule has 1 aliphatic rings. The second kappa shape index (κ2) is 8.91. The lowest BCUT2D eigenvalue weighted by Gasteiger charge is -2.36. The Labute approximate surface area is 169 Å². The summed E-state index contributed by atoms with van der Waals surface area (Å²) in [6, 6.07) is 13.4. The molecule has 1 saturated heterocycles. The van der Waals surface area contributed by atoms with E-state index < -0.39 is 0 Å². The van der Waals surface area contributed by atoms with Gasteiger partial charge in [0.2, 0.25) is 0 Å². The van der Waals surface area contributed by atoms with Crippen LogP contribution in [0, 0.1) is 0 Å². The van der Waals surface area contributed by atoms with E-state index in [9.17, 15) is 0 Å². The quantitative estimate of drug-likeness (QED) is 0.749. The highest BCUT2D eigenvalue weighted by molar-refractivity contribution is 7.80. The van der Waals surface area contributed by atoms with Crippen molar-refractivity contribution in [1.82, 2.24) is 9.80 Å². The molecule has 7 heteroatoms. The first-order valence-electron chi connectivity index (χ1n) is 8.42. The topological polar surface area (TPSA) is 27.7 Å². The van der Waals surface area contributed by atoms with E-state index in [0.29, 0.717) is 15.2 Å². The van der Waals surface area contributed by atoms with Crippen molar-refractivity contribution >= 4 is 46.2 Å². The number of para-hydroxylation sites is 2. The Balaban J connectivity index is 1.56. The number of methoxy groups -OCH3 is 1. The van der Waals surface area contributed by atoms with Gasteiger partial charge in [-0.3, -0.25) is 4.90 Å². The summed E-state index contributed by atoms with van der Waals surface area (Å²) in [5.41, 5.74) is 1.87. The number of nitrogens with zero attached hydrogens (tertiary/aromatic N) is 2. The lowest BCUT2D eigenvalue weighted by atomic mass is 10.2. The third-order valence-corrected chi connectivity index (χ3v) is 5.52. The number of piperazine rings is 1. The summed E-state index contributed by atoms with van der Waals surface area (Å²) in [5.74, 6) is 0.779. The molecule has 1 heterocycles. The van der Waals surface area contributed by atoms with Crippen molar-refractivity contribution < 1.29 is 4.74 Å². The monoisotopic (exact) mass is 409 g/mol.